The number of piperidine rings is 1. The first-order chi connectivity index (χ1) is 16.3. The van der Waals surface area contributed by atoms with Crippen molar-refractivity contribution < 1.29 is 13.2 Å². The highest BCUT2D eigenvalue weighted by molar-refractivity contribution is 6.30. The second-order valence-electron chi connectivity index (χ2n) is 8.60. The summed E-state index contributed by atoms with van der Waals surface area (Å²) < 4.78 is 41.5. The minimum Gasteiger partial charge on any atom is -0.357 e. The third kappa shape index (κ3) is 4.58. The third-order valence-electron chi connectivity index (χ3n) is 6.23. The van der Waals surface area contributed by atoms with Gasteiger partial charge in [-0.3, -0.25) is 9.47 Å². The molecule has 0 aliphatic carbocycles. The quantitative estimate of drug-likeness (QED) is 0.543. The first kappa shape index (κ1) is 22.6. The fourth-order valence-corrected chi connectivity index (χ4v) is 4.94. The molecule has 0 N–H and O–H groups in total. The van der Waals surface area contributed by atoms with Crippen LogP contribution < -0.4 is 4.90 Å². The van der Waals surface area contributed by atoms with Gasteiger partial charge in [0.25, 0.3) is 0 Å². The highest BCUT2D eigenvalue weighted by atomic mass is 35.5. The Morgan fingerprint density at radius 2 is 1.88 bits per heavy atom. The summed E-state index contributed by atoms with van der Waals surface area (Å²) in [7, 11) is 0. The van der Waals surface area contributed by atoms with Gasteiger partial charge in [-0.1, -0.05) is 17.7 Å². The molecule has 7 nitrogen and oxygen atoms in total. The van der Waals surface area contributed by atoms with Crippen LogP contribution in [0.25, 0.3) is 5.69 Å². The Bertz CT molecular complexity index is 1240. The van der Waals surface area contributed by atoms with Crippen LogP contribution in [0.4, 0.5) is 19.0 Å². The molecule has 0 atom stereocenters. The van der Waals surface area contributed by atoms with E-state index >= 15 is 0 Å². The van der Waals surface area contributed by atoms with Crippen molar-refractivity contribution in [2.45, 2.75) is 38.0 Å². The van der Waals surface area contributed by atoms with E-state index in [1.807, 2.05) is 22.8 Å². The molecule has 4 heterocycles. The largest absolute Gasteiger partial charge is 0.401 e. The molecule has 1 fully saturated rings. The number of hydrogen-bond donors (Lipinski definition) is 0. The number of anilines is 1. The van der Waals surface area contributed by atoms with Gasteiger partial charge in [-0.15, -0.1) is 10.2 Å². The van der Waals surface area contributed by atoms with Gasteiger partial charge in [0, 0.05) is 30.6 Å². The van der Waals surface area contributed by atoms with Gasteiger partial charge in [-0.05, 0) is 48.7 Å². The molecule has 0 amide bonds. The highest BCUT2D eigenvalue weighted by Crippen LogP contribution is 2.35. The number of fused-ring (bicyclic) bond motifs is 3. The average molecular weight is 488 g/mol. The van der Waals surface area contributed by atoms with Crippen molar-refractivity contribution >= 4 is 17.4 Å². The number of nitrogens with zero attached hydrogens (tertiary/aromatic N) is 7. The van der Waals surface area contributed by atoms with Crippen molar-refractivity contribution in [1.29, 1.82) is 5.26 Å². The SMILES string of the molecule is N#Cc1cccc(N2CCC(c3nnc4n3-c3ccc(Cl)cc3CN(CC(F)(F)F)C4)CC2)n1. The minimum absolute atomic E-state index is 0.0442. The van der Waals surface area contributed by atoms with E-state index in [4.69, 9.17) is 16.9 Å². The molecule has 0 bridgehead atoms. The van der Waals surface area contributed by atoms with Crippen LogP contribution in [0.2, 0.25) is 5.02 Å². The summed E-state index contributed by atoms with van der Waals surface area (Å²) in [5, 5.41) is 18.3. The summed E-state index contributed by atoms with van der Waals surface area (Å²) in [6, 6.07) is 12.7. The molecule has 3 aromatic rings. The number of benzene rings is 1. The van der Waals surface area contributed by atoms with E-state index in [9.17, 15) is 13.2 Å². The molecule has 2 aliphatic rings. The van der Waals surface area contributed by atoms with Crippen LogP contribution in [0.1, 0.15) is 41.7 Å². The first-order valence-corrected chi connectivity index (χ1v) is 11.3. The molecule has 176 valence electrons. The van der Waals surface area contributed by atoms with E-state index in [0.29, 0.717) is 22.1 Å². The molecular weight excluding hydrogens is 467 g/mol. The van der Waals surface area contributed by atoms with Gasteiger partial charge in [-0.2, -0.15) is 18.4 Å². The lowest BCUT2D eigenvalue weighted by Crippen LogP contribution is -2.34. The Balaban J connectivity index is 1.43. The molecule has 34 heavy (non-hydrogen) atoms. The fraction of sp³-hybridized carbons (Fsp3) is 0.391. The third-order valence-corrected chi connectivity index (χ3v) is 6.47. The molecule has 1 aromatic carbocycles. The average Bonchev–Trinajstić information content (AvgIpc) is 3.15. The number of aromatic nitrogens is 4. The topological polar surface area (TPSA) is 73.9 Å². The van der Waals surface area contributed by atoms with Crippen molar-refractivity contribution in [1.82, 2.24) is 24.6 Å². The zero-order chi connectivity index (χ0) is 23.9. The normalized spacial score (nSPS) is 17.1. The zero-order valence-electron chi connectivity index (χ0n) is 18.1. The highest BCUT2D eigenvalue weighted by Gasteiger charge is 2.35. The lowest BCUT2D eigenvalue weighted by atomic mass is 9.95. The van der Waals surface area contributed by atoms with Crippen LogP contribution >= 0.6 is 11.6 Å². The summed E-state index contributed by atoms with van der Waals surface area (Å²) in [6.07, 6.45) is -2.75. The number of alkyl halides is 3. The van der Waals surface area contributed by atoms with Gasteiger partial charge in [0.15, 0.2) is 5.82 Å². The van der Waals surface area contributed by atoms with E-state index < -0.39 is 12.7 Å². The molecule has 1 saturated heterocycles. The molecular formula is C23H21ClF3N7. The number of hydrogen-bond acceptors (Lipinski definition) is 6. The maximum atomic E-state index is 13.2. The van der Waals surface area contributed by atoms with Gasteiger partial charge in [0.1, 0.15) is 23.4 Å². The number of halogens is 4. The van der Waals surface area contributed by atoms with Crippen molar-refractivity contribution in [3.8, 4) is 11.8 Å². The summed E-state index contributed by atoms with van der Waals surface area (Å²) in [5.74, 6) is 2.10. The molecule has 11 heteroatoms. The van der Waals surface area contributed by atoms with Crippen LogP contribution in [0.15, 0.2) is 36.4 Å². The number of nitriles is 1. The van der Waals surface area contributed by atoms with E-state index in [1.54, 1.807) is 18.2 Å². The van der Waals surface area contributed by atoms with Gasteiger partial charge in [0.05, 0.1) is 18.8 Å². The van der Waals surface area contributed by atoms with Crippen LogP contribution in [0.3, 0.4) is 0 Å². The van der Waals surface area contributed by atoms with Crippen molar-refractivity contribution in [3.63, 3.8) is 0 Å². The molecule has 0 spiro atoms. The first-order valence-electron chi connectivity index (χ1n) is 10.9. The second kappa shape index (κ2) is 8.89. The smallest absolute Gasteiger partial charge is 0.357 e. The summed E-state index contributed by atoms with van der Waals surface area (Å²) in [6.45, 7) is 0.583. The van der Waals surface area contributed by atoms with Crippen molar-refractivity contribution in [2.75, 3.05) is 24.5 Å². The molecule has 2 aromatic heterocycles. The Labute approximate surface area is 199 Å². The van der Waals surface area contributed by atoms with Gasteiger partial charge in [-0.25, -0.2) is 4.98 Å². The van der Waals surface area contributed by atoms with Crippen LogP contribution in [-0.2, 0) is 13.1 Å². The summed E-state index contributed by atoms with van der Waals surface area (Å²) >= 11 is 6.18. The Hall–Kier alpha value is -3.16. The van der Waals surface area contributed by atoms with Crippen LogP contribution in [0, 0.1) is 11.3 Å². The van der Waals surface area contributed by atoms with Crippen molar-refractivity contribution in [2.24, 2.45) is 0 Å². The standard InChI is InChI=1S/C23H21ClF3N7/c24-17-4-5-19-16(10-17)12-32(14-23(25,26)27)13-21-30-31-22(34(19)21)15-6-8-33(9-7-15)20-3-1-2-18(11-28)29-20/h1-5,10,15H,6-9,12-14H2. The lowest BCUT2D eigenvalue weighted by Gasteiger charge is -2.32. The number of rotatable bonds is 3. The zero-order valence-corrected chi connectivity index (χ0v) is 18.9. The Kier molecular flexibility index (Phi) is 5.91. The monoisotopic (exact) mass is 487 g/mol. The van der Waals surface area contributed by atoms with E-state index in [0.717, 1.165) is 43.3 Å². The predicted molar refractivity (Wildman–Crippen MR) is 120 cm³/mol. The number of pyridine rings is 1. The molecule has 2 aliphatic heterocycles. The maximum Gasteiger partial charge on any atom is 0.401 e. The van der Waals surface area contributed by atoms with E-state index in [-0.39, 0.29) is 19.0 Å². The molecule has 0 saturated carbocycles. The fourth-order valence-electron chi connectivity index (χ4n) is 4.75. The van der Waals surface area contributed by atoms with Crippen molar-refractivity contribution in [3.05, 3.63) is 64.3 Å². The second-order valence-corrected chi connectivity index (χ2v) is 9.03. The molecule has 0 radical (unpaired) electrons. The molecule has 5 rings (SSSR count). The minimum atomic E-state index is -4.32. The van der Waals surface area contributed by atoms with Crippen LogP contribution in [-0.4, -0.2) is 50.5 Å². The van der Waals surface area contributed by atoms with E-state index in [2.05, 4.69) is 26.2 Å². The van der Waals surface area contributed by atoms with Gasteiger partial charge >= 0.3 is 6.18 Å². The van der Waals surface area contributed by atoms with E-state index in [1.165, 1.54) is 4.90 Å². The predicted octanol–water partition coefficient (Wildman–Crippen LogP) is 4.45. The molecule has 0 unspecified atom stereocenters. The Morgan fingerprint density at radius 1 is 1.09 bits per heavy atom. The summed E-state index contributed by atoms with van der Waals surface area (Å²) in [4.78, 5) is 7.84. The van der Waals surface area contributed by atoms with Crippen LogP contribution in [0.5, 0.6) is 0 Å². The summed E-state index contributed by atoms with van der Waals surface area (Å²) in [5.41, 5.74) is 1.86. The van der Waals surface area contributed by atoms with Gasteiger partial charge < -0.3 is 4.90 Å². The lowest BCUT2D eigenvalue weighted by molar-refractivity contribution is -0.148. The van der Waals surface area contributed by atoms with Gasteiger partial charge in [0.2, 0.25) is 0 Å². The maximum absolute atomic E-state index is 13.2. The Morgan fingerprint density at radius 3 is 2.62 bits per heavy atom.